The van der Waals surface area contributed by atoms with Crippen molar-refractivity contribution in [1.29, 1.82) is 0 Å². The van der Waals surface area contributed by atoms with Gasteiger partial charge in [0.05, 0.1) is 12.4 Å². The molecular formula is C7H14O4S. The summed E-state index contributed by atoms with van der Waals surface area (Å²) in [6.07, 6.45) is 3.45. The molecule has 0 saturated heterocycles. The number of rotatable bonds is 7. The number of ether oxygens (including phenoxy) is 1. The summed E-state index contributed by atoms with van der Waals surface area (Å²) in [5, 5.41) is 0. The maximum Gasteiger partial charge on any atom is 0.267 e. The molecule has 0 heterocycles. The number of hydrogen-bond donors (Lipinski definition) is 1. The molecule has 0 aliphatic carbocycles. The molecule has 0 unspecified atom stereocenters. The van der Waals surface area contributed by atoms with Crippen molar-refractivity contribution in [3.63, 3.8) is 0 Å². The highest BCUT2D eigenvalue weighted by atomic mass is 32.2. The van der Waals surface area contributed by atoms with Gasteiger partial charge in [-0.25, -0.2) is 0 Å². The Bertz CT molecular complexity index is 207. The first-order chi connectivity index (χ1) is 5.56. The molecule has 4 nitrogen and oxygen atoms in total. The Morgan fingerprint density at radius 2 is 2.08 bits per heavy atom. The Morgan fingerprint density at radius 1 is 1.42 bits per heavy atom. The first kappa shape index (κ1) is 11.6. The van der Waals surface area contributed by atoms with Crippen molar-refractivity contribution < 1.29 is 17.7 Å². The van der Waals surface area contributed by atoms with Crippen LogP contribution < -0.4 is 0 Å². The Labute approximate surface area is 73.0 Å². The second-order valence-electron chi connectivity index (χ2n) is 2.33. The standard InChI is InChI=1S/C7H14O4S/c1-2-3-4-5-11-6-7-12(8,9)10/h2H,1,3-7H2,(H,8,9,10). The molecule has 1 N–H and O–H groups in total. The van der Waals surface area contributed by atoms with Gasteiger partial charge in [-0.1, -0.05) is 6.08 Å². The van der Waals surface area contributed by atoms with Gasteiger partial charge in [-0.05, 0) is 12.8 Å². The van der Waals surface area contributed by atoms with Crippen molar-refractivity contribution >= 4 is 10.1 Å². The second-order valence-corrected chi connectivity index (χ2v) is 3.90. The van der Waals surface area contributed by atoms with E-state index in [1.807, 2.05) is 0 Å². The van der Waals surface area contributed by atoms with E-state index in [0.29, 0.717) is 6.61 Å². The van der Waals surface area contributed by atoms with Gasteiger partial charge in [0, 0.05) is 6.61 Å². The van der Waals surface area contributed by atoms with Crippen LogP contribution in [0.3, 0.4) is 0 Å². The molecule has 0 amide bonds. The maximum atomic E-state index is 10.2. The molecule has 0 aromatic heterocycles. The van der Waals surface area contributed by atoms with E-state index >= 15 is 0 Å². The highest BCUT2D eigenvalue weighted by molar-refractivity contribution is 7.85. The van der Waals surface area contributed by atoms with Crippen LogP contribution in [0.25, 0.3) is 0 Å². The molecule has 0 saturated carbocycles. The summed E-state index contributed by atoms with van der Waals surface area (Å²) in [6, 6.07) is 0. The van der Waals surface area contributed by atoms with Crippen LogP contribution in [0.15, 0.2) is 12.7 Å². The minimum atomic E-state index is -3.86. The molecule has 0 aliphatic rings. The molecule has 0 atom stereocenters. The summed E-state index contributed by atoms with van der Waals surface area (Å²) < 4.78 is 33.6. The molecule has 0 bridgehead atoms. The van der Waals surface area contributed by atoms with Crippen molar-refractivity contribution in [3.8, 4) is 0 Å². The van der Waals surface area contributed by atoms with E-state index in [1.165, 1.54) is 0 Å². The third-order valence-electron chi connectivity index (χ3n) is 1.18. The average Bonchev–Trinajstić information content (AvgIpc) is 1.94. The zero-order chi connectivity index (χ0) is 9.45. The number of unbranched alkanes of at least 4 members (excludes halogenated alkanes) is 1. The van der Waals surface area contributed by atoms with Crippen molar-refractivity contribution in [2.75, 3.05) is 19.0 Å². The van der Waals surface area contributed by atoms with Gasteiger partial charge in [-0.15, -0.1) is 6.58 Å². The summed E-state index contributed by atoms with van der Waals surface area (Å²) in [5.41, 5.74) is 0. The normalized spacial score (nSPS) is 11.4. The molecule has 12 heavy (non-hydrogen) atoms. The van der Waals surface area contributed by atoms with Crippen LogP contribution in [0.1, 0.15) is 12.8 Å². The molecule has 72 valence electrons. The zero-order valence-electron chi connectivity index (χ0n) is 6.90. The second kappa shape index (κ2) is 6.16. The van der Waals surface area contributed by atoms with Crippen LogP contribution in [-0.4, -0.2) is 31.9 Å². The quantitative estimate of drug-likeness (QED) is 0.371. The van der Waals surface area contributed by atoms with Gasteiger partial charge in [-0.3, -0.25) is 4.55 Å². The molecular weight excluding hydrogens is 180 g/mol. The summed E-state index contributed by atoms with van der Waals surface area (Å²) >= 11 is 0. The molecule has 5 heteroatoms. The minimum Gasteiger partial charge on any atom is -0.380 e. The van der Waals surface area contributed by atoms with Crippen molar-refractivity contribution in [2.45, 2.75) is 12.8 Å². The average molecular weight is 194 g/mol. The molecule has 0 aromatic carbocycles. The lowest BCUT2D eigenvalue weighted by Gasteiger charge is -2.00. The van der Waals surface area contributed by atoms with Crippen LogP contribution in [0, 0.1) is 0 Å². The Morgan fingerprint density at radius 3 is 2.58 bits per heavy atom. The number of allylic oxidation sites excluding steroid dienone is 1. The molecule has 0 radical (unpaired) electrons. The Balaban J connectivity index is 3.17. The monoisotopic (exact) mass is 194 g/mol. The first-order valence-corrected chi connectivity index (χ1v) is 5.31. The minimum absolute atomic E-state index is 0.0516. The summed E-state index contributed by atoms with van der Waals surface area (Å²) in [4.78, 5) is 0. The number of hydrogen-bond acceptors (Lipinski definition) is 3. The van der Waals surface area contributed by atoms with Crippen molar-refractivity contribution in [1.82, 2.24) is 0 Å². The molecule has 0 fully saturated rings. The first-order valence-electron chi connectivity index (χ1n) is 3.70. The summed E-state index contributed by atoms with van der Waals surface area (Å²) in [5.74, 6) is -0.332. The van der Waals surface area contributed by atoms with Crippen molar-refractivity contribution in [2.24, 2.45) is 0 Å². The SMILES string of the molecule is C=CCCCOCCS(=O)(=O)O. The lowest BCUT2D eigenvalue weighted by atomic mass is 10.3. The van der Waals surface area contributed by atoms with Crippen LogP contribution in [0.4, 0.5) is 0 Å². The van der Waals surface area contributed by atoms with Gasteiger partial charge in [0.25, 0.3) is 10.1 Å². The van der Waals surface area contributed by atoms with Gasteiger partial charge in [0.1, 0.15) is 0 Å². The van der Waals surface area contributed by atoms with E-state index in [2.05, 4.69) is 6.58 Å². The molecule has 0 spiro atoms. The van der Waals surface area contributed by atoms with Gasteiger partial charge in [0.15, 0.2) is 0 Å². The van der Waals surface area contributed by atoms with Gasteiger partial charge in [0.2, 0.25) is 0 Å². The smallest absolute Gasteiger partial charge is 0.267 e. The van der Waals surface area contributed by atoms with E-state index in [9.17, 15) is 8.42 Å². The molecule has 0 aromatic rings. The summed E-state index contributed by atoms with van der Waals surface area (Å²) in [6.45, 7) is 4.08. The van der Waals surface area contributed by atoms with Crippen LogP contribution >= 0.6 is 0 Å². The van der Waals surface area contributed by atoms with Crippen LogP contribution in [0.2, 0.25) is 0 Å². The largest absolute Gasteiger partial charge is 0.380 e. The van der Waals surface area contributed by atoms with E-state index in [0.717, 1.165) is 12.8 Å². The van der Waals surface area contributed by atoms with E-state index in [-0.39, 0.29) is 12.4 Å². The predicted molar refractivity (Wildman–Crippen MR) is 46.7 cm³/mol. The van der Waals surface area contributed by atoms with Gasteiger partial charge >= 0.3 is 0 Å². The molecule has 0 aliphatic heterocycles. The van der Waals surface area contributed by atoms with E-state index < -0.39 is 10.1 Å². The van der Waals surface area contributed by atoms with Crippen molar-refractivity contribution in [3.05, 3.63) is 12.7 Å². The highest BCUT2D eigenvalue weighted by Gasteiger charge is 2.02. The van der Waals surface area contributed by atoms with Crippen LogP contribution in [0.5, 0.6) is 0 Å². The lowest BCUT2D eigenvalue weighted by Crippen LogP contribution is -2.11. The Hall–Kier alpha value is -0.390. The zero-order valence-corrected chi connectivity index (χ0v) is 7.72. The predicted octanol–water partition coefficient (Wildman–Crippen LogP) is 0.857. The van der Waals surface area contributed by atoms with E-state index in [1.54, 1.807) is 6.08 Å². The van der Waals surface area contributed by atoms with E-state index in [4.69, 9.17) is 9.29 Å². The van der Waals surface area contributed by atoms with Gasteiger partial charge in [-0.2, -0.15) is 8.42 Å². The fraction of sp³-hybridized carbons (Fsp3) is 0.714. The lowest BCUT2D eigenvalue weighted by molar-refractivity contribution is 0.146. The fourth-order valence-corrected chi connectivity index (χ4v) is 0.924. The molecule has 0 rings (SSSR count). The topological polar surface area (TPSA) is 63.6 Å². The Kier molecular flexibility index (Phi) is 5.96. The fourth-order valence-electron chi connectivity index (χ4n) is 0.596. The summed E-state index contributed by atoms with van der Waals surface area (Å²) in [7, 11) is -3.86. The third-order valence-corrected chi connectivity index (χ3v) is 1.87. The van der Waals surface area contributed by atoms with Crippen LogP contribution in [-0.2, 0) is 14.9 Å². The highest BCUT2D eigenvalue weighted by Crippen LogP contribution is 1.91. The maximum absolute atomic E-state index is 10.2. The van der Waals surface area contributed by atoms with Gasteiger partial charge < -0.3 is 4.74 Å². The third kappa shape index (κ3) is 9.61.